The lowest BCUT2D eigenvalue weighted by Gasteiger charge is -2.13. The fraction of sp³-hybridized carbons (Fsp3) is 0.300. The molecule has 0 aliphatic rings. The van der Waals surface area contributed by atoms with Gasteiger partial charge in [-0.3, -0.25) is 9.20 Å². The molecule has 1 aromatic carbocycles. The largest absolute Gasteiger partial charge is 0.487 e. The summed E-state index contributed by atoms with van der Waals surface area (Å²) in [6.45, 7) is 8.59. The molecule has 124 valence electrons. The maximum absolute atomic E-state index is 12.2. The van der Waals surface area contributed by atoms with Crippen molar-refractivity contribution < 1.29 is 4.74 Å². The molecule has 0 aliphatic carbocycles. The first-order chi connectivity index (χ1) is 11.4. The molecule has 2 aromatic heterocycles. The zero-order valence-corrected chi connectivity index (χ0v) is 14.5. The van der Waals surface area contributed by atoms with Gasteiger partial charge in [0.05, 0.1) is 5.69 Å². The Balaban J connectivity index is 1.88. The van der Waals surface area contributed by atoms with Crippen molar-refractivity contribution in [3.63, 3.8) is 0 Å². The minimum Gasteiger partial charge on any atom is -0.487 e. The molecular weight excluding hydrogens is 300 g/mol. The third-order valence-corrected chi connectivity index (χ3v) is 4.13. The predicted molar refractivity (Wildman–Crippen MR) is 95.8 cm³/mol. The first kappa shape index (κ1) is 16.2. The standard InChI is InChI=1S/C20H22N2O2/c1-13(2)16-6-5-15(4)18(10-16)24-12-17-11-20(23)22-8-7-14(3)9-19(22)21-17/h5-11,13H,12H2,1-4H3. The first-order valence-corrected chi connectivity index (χ1v) is 8.16. The molecule has 4 heteroatoms. The van der Waals surface area contributed by atoms with Gasteiger partial charge in [0, 0.05) is 12.3 Å². The summed E-state index contributed by atoms with van der Waals surface area (Å²) in [5.41, 5.74) is 4.57. The Bertz CT molecular complexity index is 942. The van der Waals surface area contributed by atoms with Crippen LogP contribution in [-0.2, 0) is 6.61 Å². The van der Waals surface area contributed by atoms with Crippen LogP contribution in [0, 0.1) is 13.8 Å². The highest BCUT2D eigenvalue weighted by Gasteiger charge is 2.07. The van der Waals surface area contributed by atoms with Gasteiger partial charge in [-0.1, -0.05) is 26.0 Å². The van der Waals surface area contributed by atoms with E-state index in [1.807, 2.05) is 26.0 Å². The molecule has 0 atom stereocenters. The van der Waals surface area contributed by atoms with Gasteiger partial charge in [0.25, 0.3) is 5.56 Å². The summed E-state index contributed by atoms with van der Waals surface area (Å²) in [6, 6.07) is 11.6. The van der Waals surface area contributed by atoms with Crippen LogP contribution in [-0.4, -0.2) is 9.38 Å². The number of ether oxygens (including phenoxy) is 1. The smallest absolute Gasteiger partial charge is 0.258 e. The molecule has 0 spiro atoms. The van der Waals surface area contributed by atoms with Gasteiger partial charge in [-0.15, -0.1) is 0 Å². The fourth-order valence-electron chi connectivity index (χ4n) is 2.61. The molecule has 4 nitrogen and oxygen atoms in total. The molecule has 24 heavy (non-hydrogen) atoms. The van der Waals surface area contributed by atoms with Crippen LogP contribution in [0.4, 0.5) is 0 Å². The number of aryl methyl sites for hydroxylation is 2. The molecule has 0 bridgehead atoms. The van der Waals surface area contributed by atoms with Crippen LogP contribution in [0.25, 0.3) is 5.65 Å². The van der Waals surface area contributed by atoms with Crippen molar-refractivity contribution in [2.24, 2.45) is 0 Å². The Labute approximate surface area is 141 Å². The van der Waals surface area contributed by atoms with Gasteiger partial charge in [0.15, 0.2) is 0 Å². The maximum Gasteiger partial charge on any atom is 0.258 e. The summed E-state index contributed by atoms with van der Waals surface area (Å²) in [5.74, 6) is 1.28. The number of hydrogen-bond donors (Lipinski definition) is 0. The minimum atomic E-state index is -0.0914. The van der Waals surface area contributed by atoms with E-state index in [0.717, 1.165) is 16.9 Å². The van der Waals surface area contributed by atoms with Gasteiger partial charge in [0.2, 0.25) is 0 Å². The molecule has 0 amide bonds. The van der Waals surface area contributed by atoms with Crippen molar-refractivity contribution >= 4 is 5.65 Å². The Morgan fingerprint density at radius 1 is 1.12 bits per heavy atom. The van der Waals surface area contributed by atoms with Gasteiger partial charge >= 0.3 is 0 Å². The van der Waals surface area contributed by atoms with E-state index in [0.29, 0.717) is 17.3 Å². The fourth-order valence-corrected chi connectivity index (χ4v) is 2.61. The third kappa shape index (κ3) is 3.32. The minimum absolute atomic E-state index is 0.0914. The predicted octanol–water partition coefficient (Wildman–Crippen LogP) is 4.01. The van der Waals surface area contributed by atoms with E-state index in [-0.39, 0.29) is 12.2 Å². The van der Waals surface area contributed by atoms with E-state index in [4.69, 9.17) is 4.74 Å². The van der Waals surface area contributed by atoms with Crippen LogP contribution in [0.15, 0.2) is 47.4 Å². The SMILES string of the molecule is Cc1ccn2c(=O)cc(COc3cc(C(C)C)ccc3C)nc2c1. The van der Waals surface area contributed by atoms with Crippen LogP contribution in [0.1, 0.15) is 42.1 Å². The molecule has 0 fully saturated rings. The van der Waals surface area contributed by atoms with Crippen molar-refractivity contribution in [1.29, 1.82) is 0 Å². The highest BCUT2D eigenvalue weighted by atomic mass is 16.5. The lowest BCUT2D eigenvalue weighted by molar-refractivity contribution is 0.299. The summed E-state index contributed by atoms with van der Waals surface area (Å²) >= 11 is 0. The molecule has 0 N–H and O–H groups in total. The summed E-state index contributed by atoms with van der Waals surface area (Å²) in [6.07, 6.45) is 1.75. The lowest BCUT2D eigenvalue weighted by atomic mass is 10.0. The maximum atomic E-state index is 12.2. The Morgan fingerprint density at radius 3 is 2.67 bits per heavy atom. The van der Waals surface area contributed by atoms with E-state index in [1.54, 1.807) is 10.6 Å². The van der Waals surface area contributed by atoms with Gasteiger partial charge in [-0.05, 0) is 54.7 Å². The number of aromatic nitrogens is 2. The average molecular weight is 322 g/mol. The second kappa shape index (κ2) is 6.48. The van der Waals surface area contributed by atoms with Crippen LogP contribution in [0.3, 0.4) is 0 Å². The van der Waals surface area contributed by atoms with Gasteiger partial charge in [0.1, 0.15) is 18.0 Å². The number of pyridine rings is 1. The van der Waals surface area contributed by atoms with Gasteiger partial charge in [-0.25, -0.2) is 4.98 Å². The van der Waals surface area contributed by atoms with Crippen LogP contribution < -0.4 is 10.3 Å². The zero-order valence-electron chi connectivity index (χ0n) is 14.5. The van der Waals surface area contributed by atoms with Gasteiger partial charge < -0.3 is 4.74 Å². The molecule has 2 heterocycles. The summed E-state index contributed by atoms with van der Waals surface area (Å²) in [7, 11) is 0. The second-order valence-corrected chi connectivity index (χ2v) is 6.49. The van der Waals surface area contributed by atoms with Crippen molar-refractivity contribution in [2.75, 3.05) is 0 Å². The molecule has 0 unspecified atom stereocenters. The van der Waals surface area contributed by atoms with E-state index in [1.165, 1.54) is 11.6 Å². The van der Waals surface area contributed by atoms with Crippen LogP contribution in [0.2, 0.25) is 0 Å². The number of hydrogen-bond acceptors (Lipinski definition) is 3. The van der Waals surface area contributed by atoms with E-state index >= 15 is 0 Å². The Hall–Kier alpha value is -2.62. The summed E-state index contributed by atoms with van der Waals surface area (Å²) < 4.78 is 7.48. The molecule has 3 aromatic rings. The molecule has 0 radical (unpaired) electrons. The quantitative estimate of drug-likeness (QED) is 0.729. The van der Waals surface area contributed by atoms with Crippen molar-refractivity contribution in [1.82, 2.24) is 9.38 Å². The van der Waals surface area contributed by atoms with Crippen molar-refractivity contribution in [3.8, 4) is 5.75 Å². The third-order valence-electron chi connectivity index (χ3n) is 4.13. The Morgan fingerprint density at radius 2 is 1.92 bits per heavy atom. The normalized spacial score (nSPS) is 11.2. The Kier molecular flexibility index (Phi) is 4.38. The average Bonchev–Trinajstić information content (AvgIpc) is 2.53. The summed E-state index contributed by atoms with van der Waals surface area (Å²) in [5, 5.41) is 0. The molecule has 0 saturated heterocycles. The van der Waals surface area contributed by atoms with E-state index < -0.39 is 0 Å². The van der Waals surface area contributed by atoms with Crippen LogP contribution in [0.5, 0.6) is 5.75 Å². The molecule has 3 rings (SSSR count). The van der Waals surface area contributed by atoms with E-state index in [2.05, 4.69) is 37.0 Å². The number of benzene rings is 1. The van der Waals surface area contributed by atoms with E-state index in [9.17, 15) is 4.79 Å². The highest BCUT2D eigenvalue weighted by Crippen LogP contribution is 2.24. The zero-order chi connectivity index (χ0) is 17.3. The van der Waals surface area contributed by atoms with Crippen molar-refractivity contribution in [2.45, 2.75) is 40.2 Å². The molecular formula is C20H22N2O2. The second-order valence-electron chi connectivity index (χ2n) is 6.49. The topological polar surface area (TPSA) is 43.6 Å². The highest BCUT2D eigenvalue weighted by molar-refractivity contribution is 5.42. The van der Waals surface area contributed by atoms with Gasteiger partial charge in [-0.2, -0.15) is 0 Å². The number of rotatable bonds is 4. The van der Waals surface area contributed by atoms with Crippen molar-refractivity contribution in [3.05, 3.63) is 75.3 Å². The van der Waals surface area contributed by atoms with Crippen LogP contribution >= 0.6 is 0 Å². The summed E-state index contributed by atoms with van der Waals surface area (Å²) in [4.78, 5) is 16.7. The number of nitrogens with zero attached hydrogens (tertiary/aromatic N) is 2. The monoisotopic (exact) mass is 322 g/mol. The lowest BCUT2D eigenvalue weighted by Crippen LogP contribution is -2.16. The first-order valence-electron chi connectivity index (χ1n) is 8.16. The molecule has 0 saturated carbocycles. The molecule has 0 aliphatic heterocycles. The number of fused-ring (bicyclic) bond motifs is 1.